The molecule has 1 aliphatic rings. The molecule has 0 radical (unpaired) electrons. The van der Waals surface area contributed by atoms with Crippen molar-refractivity contribution >= 4 is 60.9 Å². The van der Waals surface area contributed by atoms with E-state index in [-0.39, 0.29) is 29.1 Å². The van der Waals surface area contributed by atoms with Crippen molar-refractivity contribution in [3.8, 4) is 0 Å². The minimum Gasteiger partial charge on any atom is -0.376 e. The second-order valence-corrected chi connectivity index (χ2v) is 9.99. The fourth-order valence-corrected chi connectivity index (χ4v) is 5.75. The van der Waals surface area contributed by atoms with Crippen molar-refractivity contribution in [2.24, 2.45) is 0 Å². The van der Waals surface area contributed by atoms with Gasteiger partial charge >= 0.3 is 0 Å². The number of benzene rings is 1. The maximum absolute atomic E-state index is 13.4. The summed E-state index contributed by atoms with van der Waals surface area (Å²) in [5.74, 6) is -0.177. The quantitative estimate of drug-likeness (QED) is 0.234. The number of carbonyl (C=O) groups is 2. The lowest BCUT2D eigenvalue weighted by Gasteiger charge is -2.15. The van der Waals surface area contributed by atoms with Gasteiger partial charge in [0.15, 0.2) is 10.9 Å². The molecule has 0 bridgehead atoms. The first-order valence-corrected chi connectivity index (χ1v) is 12.7. The molecule has 4 heterocycles. The molecular formula is C24H22N4O4S2. The van der Waals surface area contributed by atoms with Gasteiger partial charge in [-0.3, -0.25) is 19.0 Å². The summed E-state index contributed by atoms with van der Waals surface area (Å²) in [6, 6.07) is 10.5. The third kappa shape index (κ3) is 4.61. The highest BCUT2D eigenvalue weighted by Gasteiger charge is 2.22. The number of nitrogens with zero attached hydrogens (tertiary/aromatic N) is 3. The molecule has 0 spiro atoms. The Labute approximate surface area is 203 Å². The van der Waals surface area contributed by atoms with E-state index in [1.807, 2.05) is 12.1 Å². The number of rotatable bonds is 7. The van der Waals surface area contributed by atoms with Crippen LogP contribution in [0.3, 0.4) is 0 Å². The molecule has 0 saturated carbocycles. The molecule has 10 heteroatoms. The highest BCUT2D eigenvalue weighted by atomic mass is 32.2. The molecule has 5 rings (SSSR count). The van der Waals surface area contributed by atoms with Gasteiger partial charge in [0.25, 0.3) is 5.56 Å². The number of pyridine rings is 1. The van der Waals surface area contributed by atoms with E-state index in [0.29, 0.717) is 39.8 Å². The number of hydrogen-bond acceptors (Lipinski definition) is 8. The number of amides is 1. The van der Waals surface area contributed by atoms with Crippen molar-refractivity contribution in [3.63, 3.8) is 0 Å². The number of Topliss-reactive ketones (excluding diaryl/α,β-unsaturated/α-hetero) is 1. The highest BCUT2D eigenvalue weighted by molar-refractivity contribution is 7.99. The molecule has 34 heavy (non-hydrogen) atoms. The van der Waals surface area contributed by atoms with E-state index in [1.165, 1.54) is 30.0 Å². The van der Waals surface area contributed by atoms with Crippen LogP contribution in [-0.2, 0) is 16.1 Å². The van der Waals surface area contributed by atoms with Crippen molar-refractivity contribution in [3.05, 3.63) is 58.5 Å². The number of thiophene rings is 1. The van der Waals surface area contributed by atoms with E-state index in [4.69, 9.17) is 9.72 Å². The van der Waals surface area contributed by atoms with Gasteiger partial charge in [0, 0.05) is 29.4 Å². The molecule has 174 valence electrons. The van der Waals surface area contributed by atoms with Gasteiger partial charge in [0.05, 0.1) is 23.9 Å². The fraction of sp³-hybridized carbons (Fsp3) is 0.292. The van der Waals surface area contributed by atoms with Crippen LogP contribution in [0.25, 0.3) is 20.4 Å². The smallest absolute Gasteiger partial charge is 0.272 e. The summed E-state index contributed by atoms with van der Waals surface area (Å²) in [6.07, 6.45) is 3.51. The Hall–Kier alpha value is -3.08. The van der Waals surface area contributed by atoms with Crippen LogP contribution in [0.2, 0.25) is 0 Å². The van der Waals surface area contributed by atoms with E-state index in [1.54, 1.807) is 35.0 Å². The monoisotopic (exact) mass is 494 g/mol. The molecule has 8 nitrogen and oxygen atoms in total. The molecule has 1 saturated heterocycles. The molecule has 1 N–H and O–H groups in total. The van der Waals surface area contributed by atoms with Gasteiger partial charge < -0.3 is 10.1 Å². The molecule has 1 aromatic carbocycles. The largest absolute Gasteiger partial charge is 0.376 e. The fourth-order valence-electron chi connectivity index (χ4n) is 3.92. The van der Waals surface area contributed by atoms with Crippen LogP contribution < -0.4 is 10.9 Å². The van der Waals surface area contributed by atoms with Crippen molar-refractivity contribution in [2.75, 3.05) is 17.7 Å². The van der Waals surface area contributed by atoms with Gasteiger partial charge in [0.2, 0.25) is 5.91 Å². The SMILES string of the molecule is CC(=O)c1ccc(NC(=O)CSc2nc3c(sc4ncccc43)c(=O)n2C[C@H]2CCCO2)cc1. The summed E-state index contributed by atoms with van der Waals surface area (Å²) in [6.45, 7) is 2.59. The van der Waals surface area contributed by atoms with Crippen molar-refractivity contribution in [2.45, 2.75) is 37.6 Å². The summed E-state index contributed by atoms with van der Waals surface area (Å²) in [5, 5.41) is 4.15. The van der Waals surface area contributed by atoms with E-state index in [2.05, 4.69) is 10.3 Å². The first-order valence-electron chi connectivity index (χ1n) is 10.9. The lowest BCUT2D eigenvalue weighted by molar-refractivity contribution is -0.113. The standard InChI is InChI=1S/C24H22N4O4S2/c1-14(29)15-6-8-16(9-7-15)26-19(30)13-33-24-27-20-18-5-2-10-25-22(18)34-21(20)23(31)28(24)12-17-4-3-11-32-17/h2,5-10,17H,3-4,11-13H2,1H3,(H,26,30)/t17-/m1/s1. The van der Waals surface area contributed by atoms with Gasteiger partial charge in [0.1, 0.15) is 9.53 Å². The molecule has 1 amide bonds. The van der Waals surface area contributed by atoms with Gasteiger partial charge in [-0.15, -0.1) is 11.3 Å². The zero-order valence-electron chi connectivity index (χ0n) is 18.4. The third-order valence-electron chi connectivity index (χ3n) is 5.64. The average molecular weight is 495 g/mol. The van der Waals surface area contributed by atoms with E-state index < -0.39 is 0 Å². The number of aromatic nitrogens is 3. The highest BCUT2D eigenvalue weighted by Crippen LogP contribution is 2.31. The molecule has 0 unspecified atom stereocenters. The predicted octanol–water partition coefficient (Wildman–Crippen LogP) is 4.12. The number of fused-ring (bicyclic) bond motifs is 3. The number of anilines is 1. The number of thioether (sulfide) groups is 1. The average Bonchev–Trinajstić information content (AvgIpc) is 3.48. The minimum atomic E-state index is -0.226. The summed E-state index contributed by atoms with van der Waals surface area (Å²) in [7, 11) is 0. The maximum atomic E-state index is 13.4. The Balaban J connectivity index is 1.42. The Morgan fingerprint density at radius 3 is 2.82 bits per heavy atom. The van der Waals surface area contributed by atoms with Crippen molar-refractivity contribution in [1.29, 1.82) is 0 Å². The van der Waals surface area contributed by atoms with Crippen molar-refractivity contribution in [1.82, 2.24) is 14.5 Å². The molecule has 1 aliphatic heterocycles. The second-order valence-electron chi connectivity index (χ2n) is 8.05. The summed E-state index contributed by atoms with van der Waals surface area (Å²) in [4.78, 5) is 47.4. The normalized spacial score (nSPS) is 15.7. The Morgan fingerprint density at radius 2 is 2.09 bits per heavy atom. The predicted molar refractivity (Wildman–Crippen MR) is 134 cm³/mol. The maximum Gasteiger partial charge on any atom is 0.272 e. The van der Waals surface area contributed by atoms with E-state index in [9.17, 15) is 14.4 Å². The summed E-state index contributed by atoms with van der Waals surface area (Å²) in [5.41, 5.74) is 1.67. The Morgan fingerprint density at radius 1 is 1.26 bits per heavy atom. The molecule has 3 aromatic heterocycles. The second kappa shape index (κ2) is 9.65. The summed E-state index contributed by atoms with van der Waals surface area (Å²) >= 11 is 2.56. The number of hydrogen-bond donors (Lipinski definition) is 1. The minimum absolute atomic E-state index is 0.0322. The molecule has 0 aliphatic carbocycles. The van der Waals surface area contributed by atoms with Crippen LogP contribution in [0.1, 0.15) is 30.1 Å². The van der Waals surface area contributed by atoms with Crippen molar-refractivity contribution < 1.29 is 14.3 Å². The lowest BCUT2D eigenvalue weighted by atomic mass is 10.1. The van der Waals surface area contributed by atoms with Crippen LogP contribution in [0, 0.1) is 0 Å². The first kappa shape index (κ1) is 22.7. The zero-order valence-corrected chi connectivity index (χ0v) is 20.1. The van der Waals surface area contributed by atoms with Crippen LogP contribution in [-0.4, -0.2) is 44.7 Å². The molecule has 4 aromatic rings. The molecule has 1 atom stereocenters. The lowest BCUT2D eigenvalue weighted by Crippen LogP contribution is -2.28. The van der Waals surface area contributed by atoms with Crippen LogP contribution in [0.5, 0.6) is 0 Å². The number of nitrogens with one attached hydrogen (secondary N) is 1. The van der Waals surface area contributed by atoms with Crippen LogP contribution in [0.4, 0.5) is 5.69 Å². The van der Waals surface area contributed by atoms with Gasteiger partial charge in [-0.1, -0.05) is 11.8 Å². The van der Waals surface area contributed by atoms with Gasteiger partial charge in [-0.05, 0) is 56.2 Å². The van der Waals surface area contributed by atoms with Crippen LogP contribution >= 0.6 is 23.1 Å². The Bertz CT molecular complexity index is 1440. The van der Waals surface area contributed by atoms with E-state index >= 15 is 0 Å². The molecular weight excluding hydrogens is 472 g/mol. The number of ether oxygens (including phenoxy) is 1. The summed E-state index contributed by atoms with van der Waals surface area (Å²) < 4.78 is 7.95. The van der Waals surface area contributed by atoms with Crippen LogP contribution in [0.15, 0.2) is 52.5 Å². The number of carbonyl (C=O) groups excluding carboxylic acids is 2. The third-order valence-corrected chi connectivity index (χ3v) is 7.70. The van der Waals surface area contributed by atoms with Gasteiger partial charge in [-0.25, -0.2) is 9.97 Å². The first-order chi connectivity index (χ1) is 16.5. The Kier molecular flexibility index (Phi) is 6.44. The topological polar surface area (TPSA) is 103 Å². The van der Waals surface area contributed by atoms with E-state index in [0.717, 1.165) is 23.1 Å². The zero-order chi connectivity index (χ0) is 23.7. The molecule has 1 fully saturated rings. The number of ketones is 1. The van der Waals surface area contributed by atoms with Gasteiger partial charge in [-0.2, -0.15) is 0 Å².